The molecule has 322 valence electrons. The van der Waals surface area contributed by atoms with E-state index in [9.17, 15) is 30.0 Å². The van der Waals surface area contributed by atoms with E-state index >= 15 is 0 Å². The Kier molecular flexibility index (Phi) is 33.7. The van der Waals surface area contributed by atoms with Gasteiger partial charge in [0, 0.05) is 12.8 Å². The molecule has 1 heterocycles. The van der Waals surface area contributed by atoms with Crippen LogP contribution >= 0.6 is 0 Å². The Hall–Kier alpha value is -2.60. The van der Waals surface area contributed by atoms with Crippen molar-refractivity contribution in [2.24, 2.45) is 0 Å². The molecule has 1 aliphatic rings. The highest BCUT2D eigenvalue weighted by atomic mass is 16.7. The fourth-order valence-corrected chi connectivity index (χ4v) is 6.20. The van der Waals surface area contributed by atoms with Crippen LogP contribution in [0, 0.1) is 0 Å². The van der Waals surface area contributed by atoms with Crippen LogP contribution in [0.2, 0.25) is 0 Å². The molecule has 0 bridgehead atoms. The molecule has 10 nitrogen and oxygen atoms in total. The quantitative estimate of drug-likeness (QED) is 0.0278. The Morgan fingerprint density at radius 2 is 1.09 bits per heavy atom. The molecule has 1 saturated heterocycles. The largest absolute Gasteiger partial charge is 0.462 e. The van der Waals surface area contributed by atoms with Gasteiger partial charge in [-0.1, -0.05) is 145 Å². The van der Waals surface area contributed by atoms with E-state index in [4.69, 9.17) is 18.9 Å². The predicted octanol–water partition coefficient (Wildman–Crippen LogP) is 9.05. The van der Waals surface area contributed by atoms with E-state index in [0.29, 0.717) is 12.8 Å². The third-order valence-corrected chi connectivity index (χ3v) is 9.65. The highest BCUT2D eigenvalue weighted by Crippen LogP contribution is 2.22. The third-order valence-electron chi connectivity index (χ3n) is 9.65. The lowest BCUT2D eigenvalue weighted by atomic mass is 9.99. The number of rotatable bonds is 35. The monoisotopic (exact) mass is 791 g/mol. The van der Waals surface area contributed by atoms with Crippen molar-refractivity contribution in [1.82, 2.24) is 0 Å². The molecule has 0 aromatic rings. The van der Waals surface area contributed by atoms with Crippen LogP contribution in [0.1, 0.15) is 162 Å². The summed E-state index contributed by atoms with van der Waals surface area (Å²) in [7, 11) is 0. The van der Waals surface area contributed by atoms with E-state index in [-0.39, 0.29) is 26.1 Å². The van der Waals surface area contributed by atoms with Crippen LogP contribution in [-0.2, 0) is 28.5 Å². The van der Waals surface area contributed by atoms with Crippen LogP contribution in [0.15, 0.2) is 60.8 Å². The molecule has 4 N–H and O–H groups in total. The molecule has 6 atom stereocenters. The number of carbonyl (C=O) groups excluding carboxylic acids is 2. The van der Waals surface area contributed by atoms with E-state index in [1.807, 2.05) is 12.2 Å². The van der Waals surface area contributed by atoms with Crippen LogP contribution in [0.5, 0.6) is 0 Å². The van der Waals surface area contributed by atoms with Gasteiger partial charge in [-0.05, 0) is 64.2 Å². The zero-order valence-electron chi connectivity index (χ0n) is 34.9. The summed E-state index contributed by atoms with van der Waals surface area (Å²) >= 11 is 0. The number of esters is 2. The second-order valence-corrected chi connectivity index (χ2v) is 14.8. The number of allylic oxidation sites excluding steroid dienone is 10. The fraction of sp³-hybridized carbons (Fsp3) is 0.739. The van der Waals surface area contributed by atoms with Gasteiger partial charge in [0.25, 0.3) is 0 Å². The molecule has 0 aromatic heterocycles. The van der Waals surface area contributed by atoms with Crippen LogP contribution in [0.25, 0.3) is 0 Å². The fourth-order valence-electron chi connectivity index (χ4n) is 6.20. The Bertz CT molecular complexity index is 1100. The van der Waals surface area contributed by atoms with Crippen molar-refractivity contribution < 1.29 is 49.0 Å². The Labute approximate surface area is 339 Å². The zero-order chi connectivity index (χ0) is 40.9. The average molecular weight is 791 g/mol. The smallest absolute Gasteiger partial charge is 0.306 e. The Morgan fingerprint density at radius 1 is 0.571 bits per heavy atom. The van der Waals surface area contributed by atoms with Gasteiger partial charge in [0.1, 0.15) is 31.0 Å². The van der Waals surface area contributed by atoms with E-state index < -0.39 is 55.4 Å². The lowest BCUT2D eigenvalue weighted by molar-refractivity contribution is -0.305. The average Bonchev–Trinajstić information content (AvgIpc) is 3.19. The predicted molar refractivity (Wildman–Crippen MR) is 224 cm³/mol. The van der Waals surface area contributed by atoms with E-state index in [1.165, 1.54) is 70.6 Å². The molecule has 0 aliphatic carbocycles. The minimum Gasteiger partial charge on any atom is -0.462 e. The van der Waals surface area contributed by atoms with Gasteiger partial charge in [0.05, 0.1) is 13.2 Å². The number of ether oxygens (including phenoxy) is 4. The summed E-state index contributed by atoms with van der Waals surface area (Å²) in [6.45, 7) is 3.21. The summed E-state index contributed by atoms with van der Waals surface area (Å²) in [5.74, 6) is -0.910. The lowest BCUT2D eigenvalue weighted by Crippen LogP contribution is -2.59. The van der Waals surface area contributed by atoms with Crippen LogP contribution in [0.4, 0.5) is 0 Å². The molecule has 0 radical (unpaired) electrons. The highest BCUT2D eigenvalue weighted by molar-refractivity contribution is 5.70. The van der Waals surface area contributed by atoms with Crippen molar-refractivity contribution >= 4 is 11.9 Å². The van der Waals surface area contributed by atoms with Gasteiger partial charge in [-0.2, -0.15) is 0 Å². The molecule has 0 amide bonds. The number of unbranched alkanes of at least 4 members (excludes halogenated alkanes) is 14. The first kappa shape index (κ1) is 51.4. The van der Waals surface area contributed by atoms with Crippen molar-refractivity contribution in [2.45, 2.75) is 198 Å². The molecule has 0 spiro atoms. The summed E-state index contributed by atoms with van der Waals surface area (Å²) in [5, 5.41) is 40.0. The summed E-state index contributed by atoms with van der Waals surface area (Å²) in [4.78, 5) is 25.2. The van der Waals surface area contributed by atoms with Gasteiger partial charge in [-0.3, -0.25) is 9.59 Å². The van der Waals surface area contributed by atoms with Crippen molar-refractivity contribution in [3.8, 4) is 0 Å². The summed E-state index contributed by atoms with van der Waals surface area (Å²) in [6.07, 6.45) is 36.8. The van der Waals surface area contributed by atoms with E-state index in [2.05, 4.69) is 62.5 Å². The maximum absolute atomic E-state index is 12.7. The van der Waals surface area contributed by atoms with Crippen molar-refractivity contribution in [2.75, 3.05) is 19.8 Å². The Morgan fingerprint density at radius 3 is 1.66 bits per heavy atom. The van der Waals surface area contributed by atoms with Crippen molar-refractivity contribution in [1.29, 1.82) is 0 Å². The normalized spacial score (nSPS) is 21.0. The summed E-state index contributed by atoms with van der Waals surface area (Å²) < 4.78 is 22.0. The summed E-state index contributed by atoms with van der Waals surface area (Å²) in [5.41, 5.74) is 0. The molecule has 1 rings (SSSR count). The van der Waals surface area contributed by atoms with Crippen molar-refractivity contribution in [3.63, 3.8) is 0 Å². The number of hydrogen-bond donors (Lipinski definition) is 4. The van der Waals surface area contributed by atoms with Gasteiger partial charge in [0.15, 0.2) is 12.4 Å². The van der Waals surface area contributed by atoms with Gasteiger partial charge in [0.2, 0.25) is 0 Å². The van der Waals surface area contributed by atoms with Crippen LogP contribution in [0.3, 0.4) is 0 Å². The highest BCUT2D eigenvalue weighted by Gasteiger charge is 2.44. The second kappa shape index (κ2) is 36.7. The van der Waals surface area contributed by atoms with Crippen LogP contribution < -0.4 is 0 Å². The summed E-state index contributed by atoms with van der Waals surface area (Å²) in [6, 6.07) is 0. The molecule has 6 unspecified atom stereocenters. The van der Waals surface area contributed by atoms with E-state index in [1.54, 1.807) is 0 Å². The molecule has 0 saturated carbocycles. The zero-order valence-corrected chi connectivity index (χ0v) is 34.9. The second-order valence-electron chi connectivity index (χ2n) is 14.8. The lowest BCUT2D eigenvalue weighted by Gasteiger charge is -2.39. The van der Waals surface area contributed by atoms with Crippen molar-refractivity contribution in [3.05, 3.63) is 60.8 Å². The number of aliphatic hydroxyl groups is 4. The maximum atomic E-state index is 12.7. The van der Waals surface area contributed by atoms with Crippen LogP contribution in [-0.4, -0.2) is 89.0 Å². The van der Waals surface area contributed by atoms with Gasteiger partial charge < -0.3 is 39.4 Å². The topological polar surface area (TPSA) is 152 Å². The van der Waals surface area contributed by atoms with E-state index in [0.717, 1.165) is 51.4 Å². The Balaban J connectivity index is 2.37. The minimum absolute atomic E-state index is 0.106. The van der Waals surface area contributed by atoms with Gasteiger partial charge >= 0.3 is 11.9 Å². The molecule has 56 heavy (non-hydrogen) atoms. The maximum Gasteiger partial charge on any atom is 0.306 e. The molecule has 0 aromatic carbocycles. The third kappa shape index (κ3) is 27.9. The molecule has 1 fully saturated rings. The standard InChI is InChI=1S/C46H78O10/c1-3-5-7-9-11-13-15-17-18-19-20-21-23-24-26-28-30-32-34-41(48)53-37-39(38-54-46-45(52)44(51)43(50)40(36-47)56-46)55-42(49)35-33-31-29-27-25-22-16-14-12-10-8-6-4-2/h6,8,12,14,18-19,22,25,29,31,39-40,43-47,50-52H,3-5,7,9-11,13,15-17,20-21,23-24,26-28,30,32-38H2,1-2H3/b8-6-,14-12-,19-18-,25-22-,31-29-. The SMILES string of the molecule is CC/C=C\C/C=C\C/C=C\C/C=C\CCC(=O)OC(COC(=O)CCCCCCCCC/C=C\CCCCCCCCC)COC1OC(CO)C(O)C(O)C1O. The number of hydrogen-bond acceptors (Lipinski definition) is 10. The molecular weight excluding hydrogens is 712 g/mol. The first-order chi connectivity index (χ1) is 27.3. The molecular formula is C46H78O10. The number of aliphatic hydroxyl groups excluding tert-OH is 4. The first-order valence-corrected chi connectivity index (χ1v) is 21.9. The number of carbonyl (C=O) groups is 2. The van der Waals surface area contributed by atoms with Gasteiger partial charge in [-0.15, -0.1) is 0 Å². The first-order valence-electron chi connectivity index (χ1n) is 21.9. The molecule has 1 aliphatic heterocycles. The minimum atomic E-state index is -1.61. The molecule has 10 heteroatoms. The van der Waals surface area contributed by atoms with Gasteiger partial charge in [-0.25, -0.2) is 0 Å².